The van der Waals surface area contributed by atoms with Crippen LogP contribution in [0.3, 0.4) is 0 Å². The number of rotatable bonds is 0. The van der Waals surface area contributed by atoms with Crippen LogP contribution in [0.15, 0.2) is 22.2 Å². The summed E-state index contributed by atoms with van der Waals surface area (Å²) in [6, 6.07) is 2.00. The first-order valence-electron chi connectivity index (χ1n) is 4.28. The van der Waals surface area contributed by atoms with Crippen molar-refractivity contribution >= 4 is 27.3 Å². The van der Waals surface area contributed by atoms with Crippen LogP contribution in [0.2, 0.25) is 0 Å². The van der Waals surface area contributed by atoms with E-state index in [1.807, 2.05) is 17.6 Å². The number of imidazole rings is 1. The zero-order chi connectivity index (χ0) is 9.54. The van der Waals surface area contributed by atoms with Crippen molar-refractivity contribution in [3.8, 4) is 16.5 Å². The second kappa shape index (κ2) is 3.10. The predicted molar refractivity (Wildman–Crippen MR) is 58.7 cm³/mol. The Balaban J connectivity index is 2.26. The van der Waals surface area contributed by atoms with Crippen molar-refractivity contribution in [2.24, 2.45) is 0 Å². The fourth-order valence-corrected chi connectivity index (χ4v) is 2.82. The molecule has 0 aromatic carbocycles. The predicted octanol–water partition coefficient (Wildman–Crippen LogP) is 2.77. The van der Waals surface area contributed by atoms with Gasteiger partial charge in [0.25, 0.3) is 0 Å². The van der Waals surface area contributed by atoms with Gasteiger partial charge in [-0.3, -0.25) is 0 Å². The molecule has 14 heavy (non-hydrogen) atoms. The van der Waals surface area contributed by atoms with Gasteiger partial charge < -0.3 is 9.30 Å². The summed E-state index contributed by atoms with van der Waals surface area (Å²) in [6.07, 6.45) is 1.99. The summed E-state index contributed by atoms with van der Waals surface area (Å²) in [4.78, 5) is 5.55. The van der Waals surface area contributed by atoms with Crippen molar-refractivity contribution in [2.75, 3.05) is 6.61 Å². The van der Waals surface area contributed by atoms with E-state index in [1.165, 1.54) is 0 Å². The van der Waals surface area contributed by atoms with E-state index in [0.29, 0.717) is 6.61 Å². The Morgan fingerprint density at radius 1 is 1.57 bits per heavy atom. The van der Waals surface area contributed by atoms with Gasteiger partial charge in [0.2, 0.25) is 0 Å². The lowest BCUT2D eigenvalue weighted by molar-refractivity contribution is 0.307. The quantitative estimate of drug-likeness (QED) is 0.736. The number of ether oxygens (including phenoxy) is 1. The van der Waals surface area contributed by atoms with Gasteiger partial charge in [-0.25, -0.2) is 4.98 Å². The molecule has 1 aliphatic heterocycles. The molecule has 5 heteroatoms. The summed E-state index contributed by atoms with van der Waals surface area (Å²) in [6.45, 7) is 1.56. The lowest BCUT2D eigenvalue weighted by atomic mass is 10.4. The fourth-order valence-electron chi connectivity index (χ4n) is 1.56. The molecule has 0 saturated carbocycles. The Hall–Kier alpha value is -0.810. The maximum Gasteiger partial charge on any atom is 0.155 e. The highest BCUT2D eigenvalue weighted by atomic mass is 79.9. The molecule has 3 rings (SSSR count). The molecule has 0 fully saturated rings. The van der Waals surface area contributed by atoms with Gasteiger partial charge in [0.05, 0.1) is 6.54 Å². The molecule has 0 atom stereocenters. The molecule has 72 valence electrons. The molecule has 0 saturated heterocycles. The third kappa shape index (κ3) is 1.19. The molecule has 2 aromatic rings. The molecular formula is C9H7BrN2OS. The molecule has 1 aliphatic rings. The first-order chi connectivity index (χ1) is 6.84. The lowest BCUT2D eigenvalue weighted by Crippen LogP contribution is -2.04. The van der Waals surface area contributed by atoms with Gasteiger partial charge in [-0.2, -0.15) is 0 Å². The molecule has 0 radical (unpaired) electrons. The normalized spacial score (nSPS) is 14.1. The Kier molecular flexibility index (Phi) is 1.88. The van der Waals surface area contributed by atoms with Gasteiger partial charge in [-0.05, 0) is 27.4 Å². The fraction of sp³-hybridized carbons (Fsp3) is 0.222. The number of hydrogen-bond donors (Lipinski definition) is 0. The minimum atomic E-state index is 0.708. The molecule has 3 nitrogen and oxygen atoms in total. The number of aromatic nitrogens is 2. The van der Waals surface area contributed by atoms with Crippen molar-refractivity contribution < 1.29 is 4.74 Å². The van der Waals surface area contributed by atoms with Crippen LogP contribution in [-0.2, 0) is 6.54 Å². The SMILES string of the molecule is Brc1cn2c(n1)-c1sccc1OCC2. The highest BCUT2D eigenvalue weighted by molar-refractivity contribution is 9.10. The molecule has 0 amide bonds. The van der Waals surface area contributed by atoms with E-state index in [1.54, 1.807) is 11.3 Å². The molecule has 0 N–H and O–H groups in total. The van der Waals surface area contributed by atoms with Crippen LogP contribution < -0.4 is 4.74 Å². The van der Waals surface area contributed by atoms with Crippen LogP contribution in [0.25, 0.3) is 10.7 Å². The third-order valence-electron chi connectivity index (χ3n) is 2.17. The molecule has 2 aromatic heterocycles. The van der Waals surface area contributed by atoms with Crippen molar-refractivity contribution in [3.63, 3.8) is 0 Å². The number of hydrogen-bond acceptors (Lipinski definition) is 3. The maximum atomic E-state index is 5.60. The minimum absolute atomic E-state index is 0.708. The first-order valence-corrected chi connectivity index (χ1v) is 5.95. The van der Waals surface area contributed by atoms with Crippen LogP contribution in [0.5, 0.6) is 5.75 Å². The van der Waals surface area contributed by atoms with Gasteiger partial charge in [0.1, 0.15) is 21.8 Å². The smallest absolute Gasteiger partial charge is 0.155 e. The average molecular weight is 271 g/mol. The summed E-state index contributed by atoms with van der Waals surface area (Å²) in [5, 5.41) is 2.03. The largest absolute Gasteiger partial charge is 0.490 e. The first kappa shape index (κ1) is 8.49. The number of halogens is 1. The van der Waals surface area contributed by atoms with Crippen molar-refractivity contribution in [1.82, 2.24) is 9.55 Å². The molecule has 0 bridgehead atoms. The van der Waals surface area contributed by atoms with Gasteiger partial charge in [0.15, 0.2) is 5.82 Å². The Bertz CT molecular complexity index is 477. The number of fused-ring (bicyclic) bond motifs is 3. The highest BCUT2D eigenvalue weighted by Gasteiger charge is 2.18. The van der Waals surface area contributed by atoms with E-state index < -0.39 is 0 Å². The van der Waals surface area contributed by atoms with Crippen LogP contribution in [0, 0.1) is 0 Å². The monoisotopic (exact) mass is 270 g/mol. The molecule has 0 unspecified atom stereocenters. The molecule has 0 spiro atoms. The second-order valence-electron chi connectivity index (χ2n) is 3.04. The Labute approximate surface area is 93.5 Å². The number of thiophene rings is 1. The zero-order valence-electron chi connectivity index (χ0n) is 7.24. The zero-order valence-corrected chi connectivity index (χ0v) is 9.64. The van der Waals surface area contributed by atoms with E-state index in [4.69, 9.17) is 4.74 Å². The van der Waals surface area contributed by atoms with Gasteiger partial charge in [0, 0.05) is 6.20 Å². The van der Waals surface area contributed by atoms with Crippen LogP contribution >= 0.6 is 27.3 Å². The molecule has 0 aliphatic carbocycles. The van der Waals surface area contributed by atoms with Crippen LogP contribution in [0.4, 0.5) is 0 Å². The maximum absolute atomic E-state index is 5.60. The van der Waals surface area contributed by atoms with E-state index in [9.17, 15) is 0 Å². The molecule has 3 heterocycles. The summed E-state index contributed by atoms with van der Waals surface area (Å²) < 4.78 is 8.60. The van der Waals surface area contributed by atoms with Crippen LogP contribution in [-0.4, -0.2) is 16.2 Å². The van der Waals surface area contributed by atoms with Crippen molar-refractivity contribution in [2.45, 2.75) is 6.54 Å². The molecular weight excluding hydrogens is 264 g/mol. The summed E-state index contributed by atoms with van der Waals surface area (Å²) in [5.74, 6) is 1.95. The van der Waals surface area contributed by atoms with E-state index in [2.05, 4.69) is 25.5 Å². The Morgan fingerprint density at radius 3 is 3.43 bits per heavy atom. The lowest BCUT2D eigenvalue weighted by Gasteiger charge is -1.99. The average Bonchev–Trinajstić information content (AvgIpc) is 2.70. The summed E-state index contributed by atoms with van der Waals surface area (Å²) in [5.41, 5.74) is 0. The van der Waals surface area contributed by atoms with E-state index >= 15 is 0 Å². The minimum Gasteiger partial charge on any atom is -0.490 e. The van der Waals surface area contributed by atoms with Gasteiger partial charge >= 0.3 is 0 Å². The highest BCUT2D eigenvalue weighted by Crippen LogP contribution is 2.37. The van der Waals surface area contributed by atoms with Crippen LogP contribution in [0.1, 0.15) is 0 Å². The van der Waals surface area contributed by atoms with Crippen molar-refractivity contribution in [1.29, 1.82) is 0 Å². The summed E-state index contributed by atoms with van der Waals surface area (Å²) in [7, 11) is 0. The third-order valence-corrected chi connectivity index (χ3v) is 3.44. The number of nitrogens with zero attached hydrogens (tertiary/aromatic N) is 2. The second-order valence-corrected chi connectivity index (χ2v) is 4.77. The standard InChI is InChI=1S/C9H7BrN2OS/c10-7-5-12-2-3-13-6-1-4-14-8(6)9(12)11-7/h1,4-5H,2-3H2. The van der Waals surface area contributed by atoms with E-state index in [0.717, 1.165) is 27.6 Å². The summed E-state index contributed by atoms with van der Waals surface area (Å²) >= 11 is 5.06. The van der Waals surface area contributed by atoms with Gasteiger partial charge in [-0.15, -0.1) is 11.3 Å². The topological polar surface area (TPSA) is 27.1 Å². The van der Waals surface area contributed by atoms with Crippen molar-refractivity contribution in [3.05, 3.63) is 22.2 Å². The van der Waals surface area contributed by atoms with E-state index in [-0.39, 0.29) is 0 Å². The Morgan fingerprint density at radius 2 is 2.50 bits per heavy atom. The van der Waals surface area contributed by atoms with Gasteiger partial charge in [-0.1, -0.05) is 0 Å².